The molecule has 3 rings (SSSR count). The normalized spacial score (nSPS) is 21.9. The minimum atomic E-state index is 0.965. The molecule has 0 aliphatic carbocycles. The van der Waals surface area contributed by atoms with E-state index in [0.29, 0.717) is 0 Å². The fourth-order valence-corrected chi connectivity index (χ4v) is 3.47. The Balaban J connectivity index is 1.48. The van der Waals surface area contributed by atoms with Gasteiger partial charge in [-0.3, -0.25) is 0 Å². The van der Waals surface area contributed by atoms with Crippen molar-refractivity contribution >= 4 is 0 Å². The van der Waals surface area contributed by atoms with E-state index >= 15 is 0 Å². The number of nitrogens with zero attached hydrogens (tertiary/aromatic N) is 1. The summed E-state index contributed by atoms with van der Waals surface area (Å²) in [6, 6.07) is 8.99. The Kier molecular flexibility index (Phi) is 4.52. The van der Waals surface area contributed by atoms with Gasteiger partial charge in [-0.1, -0.05) is 24.3 Å². The van der Waals surface area contributed by atoms with Crippen LogP contribution in [0.3, 0.4) is 0 Å². The molecular formula is C17H26N2. The van der Waals surface area contributed by atoms with E-state index in [4.69, 9.17) is 0 Å². The summed E-state index contributed by atoms with van der Waals surface area (Å²) in [6.45, 7) is 6.27. The number of hydrogen-bond acceptors (Lipinski definition) is 2. The van der Waals surface area contributed by atoms with Crippen molar-refractivity contribution in [1.82, 2.24) is 10.2 Å². The summed E-state index contributed by atoms with van der Waals surface area (Å²) in [5, 5.41) is 3.46. The lowest BCUT2D eigenvalue weighted by Gasteiger charge is -2.26. The molecule has 0 atom stereocenters. The molecule has 2 aliphatic heterocycles. The predicted octanol–water partition coefficient (Wildman–Crippen LogP) is 2.48. The van der Waals surface area contributed by atoms with Crippen LogP contribution in [0.5, 0.6) is 0 Å². The minimum Gasteiger partial charge on any atom is -0.317 e. The minimum absolute atomic E-state index is 0.965. The standard InChI is InChI=1S/C17H26N2/c1-2-4-17-9-14-19(13-8-16(17)3-1)12-7-15-5-10-18-11-6-15/h1-4,15,18H,5-14H2. The topological polar surface area (TPSA) is 15.3 Å². The van der Waals surface area contributed by atoms with Crippen LogP contribution in [0.2, 0.25) is 0 Å². The fourth-order valence-electron chi connectivity index (χ4n) is 3.47. The van der Waals surface area contributed by atoms with E-state index in [1.165, 1.54) is 64.8 Å². The fraction of sp³-hybridized carbons (Fsp3) is 0.647. The predicted molar refractivity (Wildman–Crippen MR) is 80.5 cm³/mol. The zero-order valence-corrected chi connectivity index (χ0v) is 11.9. The number of rotatable bonds is 3. The second-order valence-electron chi connectivity index (χ2n) is 6.09. The van der Waals surface area contributed by atoms with Crippen molar-refractivity contribution < 1.29 is 0 Å². The van der Waals surface area contributed by atoms with E-state index in [1.54, 1.807) is 11.1 Å². The van der Waals surface area contributed by atoms with Crippen LogP contribution in [-0.4, -0.2) is 37.6 Å². The van der Waals surface area contributed by atoms with Crippen molar-refractivity contribution in [1.29, 1.82) is 0 Å². The summed E-state index contributed by atoms with van der Waals surface area (Å²) in [4.78, 5) is 2.68. The van der Waals surface area contributed by atoms with E-state index in [0.717, 1.165) is 5.92 Å². The van der Waals surface area contributed by atoms with Crippen molar-refractivity contribution in [2.45, 2.75) is 32.1 Å². The van der Waals surface area contributed by atoms with Crippen LogP contribution in [0.1, 0.15) is 30.4 Å². The van der Waals surface area contributed by atoms with Crippen LogP contribution in [-0.2, 0) is 12.8 Å². The quantitative estimate of drug-likeness (QED) is 0.896. The van der Waals surface area contributed by atoms with Gasteiger partial charge in [0.25, 0.3) is 0 Å². The van der Waals surface area contributed by atoms with Crippen molar-refractivity contribution in [3.05, 3.63) is 35.4 Å². The van der Waals surface area contributed by atoms with Crippen LogP contribution >= 0.6 is 0 Å². The Morgan fingerprint density at radius 2 is 1.63 bits per heavy atom. The van der Waals surface area contributed by atoms with Gasteiger partial charge in [-0.15, -0.1) is 0 Å². The van der Waals surface area contributed by atoms with Gasteiger partial charge in [-0.2, -0.15) is 0 Å². The van der Waals surface area contributed by atoms with E-state index in [1.807, 2.05) is 0 Å². The first kappa shape index (κ1) is 13.1. The molecule has 0 radical (unpaired) electrons. The highest BCUT2D eigenvalue weighted by atomic mass is 15.1. The summed E-state index contributed by atoms with van der Waals surface area (Å²) in [5.41, 5.74) is 3.15. The number of nitrogens with one attached hydrogen (secondary N) is 1. The Bertz CT molecular complexity index is 369. The largest absolute Gasteiger partial charge is 0.317 e. The summed E-state index contributed by atoms with van der Waals surface area (Å²) in [6.07, 6.45) is 6.64. The van der Waals surface area contributed by atoms with Crippen molar-refractivity contribution in [2.75, 3.05) is 32.7 Å². The molecule has 2 heteroatoms. The molecule has 1 aromatic carbocycles. The first-order valence-electron chi connectivity index (χ1n) is 7.91. The molecule has 0 saturated carbocycles. The second-order valence-corrected chi connectivity index (χ2v) is 6.09. The average molecular weight is 258 g/mol. The molecule has 104 valence electrons. The smallest absolute Gasteiger partial charge is 0.00221 e. The summed E-state index contributed by atoms with van der Waals surface area (Å²) < 4.78 is 0. The third kappa shape index (κ3) is 3.58. The van der Waals surface area contributed by atoms with Crippen LogP contribution in [0.4, 0.5) is 0 Å². The highest BCUT2D eigenvalue weighted by Gasteiger charge is 2.17. The number of hydrogen-bond donors (Lipinski definition) is 1. The van der Waals surface area contributed by atoms with Gasteiger partial charge < -0.3 is 10.2 Å². The first-order valence-corrected chi connectivity index (χ1v) is 7.91. The number of piperidine rings is 1. The van der Waals surface area contributed by atoms with Gasteiger partial charge in [0.1, 0.15) is 0 Å². The lowest BCUT2D eigenvalue weighted by atomic mass is 9.94. The third-order valence-electron chi connectivity index (χ3n) is 4.83. The first-order chi connectivity index (χ1) is 9.42. The van der Waals surface area contributed by atoms with Crippen molar-refractivity contribution in [2.24, 2.45) is 5.92 Å². The molecule has 1 N–H and O–H groups in total. The van der Waals surface area contributed by atoms with Crippen LogP contribution in [0.15, 0.2) is 24.3 Å². The van der Waals surface area contributed by atoms with Gasteiger partial charge in [0.2, 0.25) is 0 Å². The molecular weight excluding hydrogens is 232 g/mol. The van der Waals surface area contributed by atoms with E-state index < -0.39 is 0 Å². The van der Waals surface area contributed by atoms with Crippen molar-refractivity contribution in [3.8, 4) is 0 Å². The van der Waals surface area contributed by atoms with Crippen LogP contribution < -0.4 is 5.32 Å². The third-order valence-corrected chi connectivity index (χ3v) is 4.83. The van der Waals surface area contributed by atoms with Gasteiger partial charge in [0.15, 0.2) is 0 Å². The molecule has 1 fully saturated rings. The van der Waals surface area contributed by atoms with Gasteiger partial charge >= 0.3 is 0 Å². The highest BCUT2D eigenvalue weighted by Crippen LogP contribution is 2.19. The van der Waals surface area contributed by atoms with Crippen molar-refractivity contribution in [3.63, 3.8) is 0 Å². The Morgan fingerprint density at radius 1 is 1.00 bits per heavy atom. The van der Waals surface area contributed by atoms with E-state index in [2.05, 4.69) is 34.5 Å². The molecule has 0 aromatic heterocycles. The molecule has 2 nitrogen and oxygen atoms in total. The maximum Gasteiger partial charge on any atom is 0.00221 e. The van der Waals surface area contributed by atoms with Crippen LogP contribution in [0.25, 0.3) is 0 Å². The summed E-state index contributed by atoms with van der Waals surface area (Å²) in [7, 11) is 0. The molecule has 2 heterocycles. The van der Waals surface area contributed by atoms with Crippen LogP contribution in [0, 0.1) is 5.92 Å². The van der Waals surface area contributed by atoms with Gasteiger partial charge in [-0.05, 0) is 68.8 Å². The second kappa shape index (κ2) is 6.53. The zero-order chi connectivity index (χ0) is 12.9. The molecule has 2 aliphatic rings. The van der Waals surface area contributed by atoms with E-state index in [9.17, 15) is 0 Å². The number of fused-ring (bicyclic) bond motifs is 1. The Morgan fingerprint density at radius 3 is 2.26 bits per heavy atom. The molecule has 1 saturated heterocycles. The average Bonchev–Trinajstić information content (AvgIpc) is 2.69. The molecule has 19 heavy (non-hydrogen) atoms. The Hall–Kier alpha value is -0.860. The lowest BCUT2D eigenvalue weighted by Crippen LogP contribution is -2.32. The van der Waals surface area contributed by atoms with Gasteiger partial charge in [-0.25, -0.2) is 0 Å². The summed E-state index contributed by atoms with van der Waals surface area (Å²) >= 11 is 0. The highest BCUT2D eigenvalue weighted by molar-refractivity contribution is 5.28. The maximum atomic E-state index is 3.46. The lowest BCUT2D eigenvalue weighted by molar-refractivity contribution is 0.243. The molecule has 0 bridgehead atoms. The molecule has 1 aromatic rings. The SMILES string of the molecule is c1ccc2c(c1)CCN(CCC1CCNCC1)CC2. The molecule has 0 amide bonds. The molecule has 0 spiro atoms. The summed E-state index contributed by atoms with van der Waals surface area (Å²) in [5.74, 6) is 0.965. The Labute approximate surface area is 117 Å². The number of benzene rings is 1. The monoisotopic (exact) mass is 258 g/mol. The van der Waals surface area contributed by atoms with Gasteiger partial charge in [0, 0.05) is 13.1 Å². The van der Waals surface area contributed by atoms with Gasteiger partial charge in [0.05, 0.1) is 0 Å². The zero-order valence-electron chi connectivity index (χ0n) is 11.9. The maximum absolute atomic E-state index is 3.46. The molecule has 0 unspecified atom stereocenters. The van der Waals surface area contributed by atoms with E-state index in [-0.39, 0.29) is 0 Å².